The van der Waals surface area contributed by atoms with E-state index >= 15 is 0 Å². The molecular weight excluding hydrogens is 366 g/mol. The van der Waals surface area contributed by atoms with Crippen molar-refractivity contribution in [2.45, 2.75) is 6.04 Å². The van der Waals surface area contributed by atoms with Crippen LogP contribution < -0.4 is 0 Å². The van der Waals surface area contributed by atoms with Crippen LogP contribution in [0.5, 0.6) is 0 Å². The van der Waals surface area contributed by atoms with Gasteiger partial charge in [-0.25, -0.2) is 4.52 Å². The van der Waals surface area contributed by atoms with Gasteiger partial charge in [-0.05, 0) is 30.8 Å². The number of carbonyl (C=O) groups excluding carboxylic acids is 1. The lowest BCUT2D eigenvalue weighted by Gasteiger charge is -2.38. The average Bonchev–Trinajstić information content (AvgIpc) is 3.44. The molecule has 29 heavy (non-hydrogen) atoms. The molecule has 7 heteroatoms. The van der Waals surface area contributed by atoms with Gasteiger partial charge in [0.1, 0.15) is 5.69 Å². The summed E-state index contributed by atoms with van der Waals surface area (Å²) in [5, 5.41) is 8.82. The lowest BCUT2D eigenvalue weighted by Crippen LogP contribution is -2.49. The van der Waals surface area contributed by atoms with Gasteiger partial charge in [0.15, 0.2) is 5.76 Å². The predicted molar refractivity (Wildman–Crippen MR) is 108 cm³/mol. The van der Waals surface area contributed by atoms with Crippen molar-refractivity contribution in [3.8, 4) is 11.1 Å². The normalized spacial score (nSPS) is 17.7. The van der Waals surface area contributed by atoms with Crippen LogP contribution in [0.1, 0.15) is 22.3 Å². The van der Waals surface area contributed by atoms with Crippen molar-refractivity contribution >= 4 is 11.4 Å². The molecule has 0 radical (unpaired) electrons. The van der Waals surface area contributed by atoms with E-state index in [1.807, 2.05) is 33.8 Å². The van der Waals surface area contributed by atoms with Crippen LogP contribution in [0.15, 0.2) is 71.5 Å². The maximum absolute atomic E-state index is 12.7. The van der Waals surface area contributed by atoms with Gasteiger partial charge >= 0.3 is 0 Å². The Morgan fingerprint density at radius 2 is 1.90 bits per heavy atom. The molecule has 4 heterocycles. The zero-order chi connectivity index (χ0) is 19.8. The van der Waals surface area contributed by atoms with Crippen molar-refractivity contribution in [1.29, 1.82) is 0 Å². The zero-order valence-electron chi connectivity index (χ0n) is 16.1. The molecule has 3 aromatic heterocycles. The molecule has 1 aliphatic heterocycles. The topological polar surface area (TPSA) is 66.9 Å². The van der Waals surface area contributed by atoms with Crippen molar-refractivity contribution in [2.24, 2.45) is 0 Å². The second kappa shape index (κ2) is 7.18. The number of rotatable bonds is 3. The molecule has 1 fully saturated rings. The summed E-state index contributed by atoms with van der Waals surface area (Å²) in [6.45, 7) is 1.97. The molecule has 0 spiro atoms. The lowest BCUT2D eigenvalue weighted by molar-refractivity contribution is 0.0513. The van der Waals surface area contributed by atoms with Gasteiger partial charge in [-0.1, -0.05) is 41.6 Å². The minimum atomic E-state index is -0.0871. The number of furan rings is 1. The summed E-state index contributed by atoms with van der Waals surface area (Å²) in [4.78, 5) is 16.8. The minimum absolute atomic E-state index is 0.0252. The second-order valence-corrected chi connectivity index (χ2v) is 7.31. The van der Waals surface area contributed by atoms with Crippen molar-refractivity contribution in [3.63, 3.8) is 0 Å². The first-order chi connectivity index (χ1) is 14.2. The van der Waals surface area contributed by atoms with Crippen LogP contribution in [0.3, 0.4) is 0 Å². The maximum atomic E-state index is 12.7. The highest BCUT2D eigenvalue weighted by Crippen LogP contribution is 2.28. The first-order valence-corrected chi connectivity index (χ1v) is 9.64. The number of pyridine rings is 1. The van der Waals surface area contributed by atoms with Crippen LogP contribution in [-0.2, 0) is 0 Å². The molecule has 1 amide bonds. The molecule has 1 atom stereocenters. The summed E-state index contributed by atoms with van der Waals surface area (Å²) in [6, 6.07) is 17.8. The third-order valence-corrected chi connectivity index (χ3v) is 5.53. The molecule has 0 aliphatic carbocycles. The predicted octanol–water partition coefficient (Wildman–Crippen LogP) is 3.12. The number of carbonyl (C=O) groups is 1. The van der Waals surface area contributed by atoms with E-state index in [9.17, 15) is 4.79 Å². The van der Waals surface area contributed by atoms with E-state index in [2.05, 4.69) is 46.5 Å². The number of hydrogen-bond acceptors (Lipinski definition) is 5. The highest BCUT2D eigenvalue weighted by Gasteiger charge is 2.32. The van der Waals surface area contributed by atoms with E-state index in [1.54, 1.807) is 12.1 Å². The zero-order valence-corrected chi connectivity index (χ0v) is 16.1. The molecule has 7 nitrogen and oxygen atoms in total. The summed E-state index contributed by atoms with van der Waals surface area (Å²) in [5.41, 5.74) is 4.05. The van der Waals surface area contributed by atoms with E-state index < -0.39 is 0 Å². The van der Waals surface area contributed by atoms with Crippen LogP contribution in [0.4, 0.5) is 0 Å². The van der Waals surface area contributed by atoms with E-state index in [0.29, 0.717) is 18.8 Å². The molecule has 0 unspecified atom stereocenters. The van der Waals surface area contributed by atoms with Crippen LogP contribution in [0, 0.1) is 0 Å². The summed E-state index contributed by atoms with van der Waals surface area (Å²) < 4.78 is 7.11. The van der Waals surface area contributed by atoms with Gasteiger partial charge in [0, 0.05) is 31.4 Å². The van der Waals surface area contributed by atoms with E-state index in [1.165, 1.54) is 6.26 Å². The Morgan fingerprint density at radius 1 is 1.03 bits per heavy atom. The fraction of sp³-hybridized carbons (Fsp3) is 0.227. The number of benzene rings is 1. The van der Waals surface area contributed by atoms with Gasteiger partial charge < -0.3 is 9.32 Å². The van der Waals surface area contributed by atoms with Gasteiger partial charge in [-0.15, -0.1) is 5.10 Å². The Bertz CT molecular complexity index is 1140. The van der Waals surface area contributed by atoms with Crippen LogP contribution in [-0.4, -0.2) is 57.2 Å². The highest BCUT2D eigenvalue weighted by atomic mass is 16.3. The summed E-state index contributed by atoms with van der Waals surface area (Å²) >= 11 is 0. The van der Waals surface area contributed by atoms with Crippen LogP contribution in [0.25, 0.3) is 16.6 Å². The van der Waals surface area contributed by atoms with Crippen LogP contribution in [0.2, 0.25) is 0 Å². The molecule has 0 N–H and O–H groups in total. The Labute approximate surface area is 168 Å². The lowest BCUT2D eigenvalue weighted by atomic mass is 10.1. The number of aromatic nitrogens is 3. The quantitative estimate of drug-likeness (QED) is 0.540. The number of fused-ring (bicyclic) bond motifs is 1. The molecule has 146 valence electrons. The smallest absolute Gasteiger partial charge is 0.289 e. The number of piperazine rings is 1. The molecule has 0 bridgehead atoms. The third-order valence-electron chi connectivity index (χ3n) is 5.53. The number of likely N-dealkylation sites (N-methyl/N-ethyl adjacent to an activating group) is 1. The number of amides is 1. The van der Waals surface area contributed by atoms with E-state index in [-0.39, 0.29) is 11.9 Å². The monoisotopic (exact) mass is 387 g/mol. The molecule has 1 saturated heterocycles. The van der Waals surface area contributed by atoms with E-state index in [0.717, 1.165) is 28.9 Å². The SMILES string of the molecule is CN1CCN(C(=O)c2ccco2)C[C@@H]1c1nnn2cc(-c3ccccc3)ccc12. The molecule has 1 aromatic carbocycles. The summed E-state index contributed by atoms with van der Waals surface area (Å²) in [6.07, 6.45) is 3.52. The maximum Gasteiger partial charge on any atom is 0.289 e. The number of nitrogens with zero attached hydrogens (tertiary/aromatic N) is 5. The first-order valence-electron chi connectivity index (χ1n) is 9.64. The Balaban J connectivity index is 1.45. The standard InChI is InChI=1S/C22H21N5O2/c1-25-11-12-26(22(28)20-8-5-13-29-20)15-19(25)21-18-10-9-17(14-27(18)24-23-21)16-6-3-2-4-7-16/h2-10,13-14,19H,11-12,15H2,1H3/t19-/m1/s1. The van der Waals surface area contributed by atoms with Gasteiger partial charge in [0.2, 0.25) is 0 Å². The fourth-order valence-electron chi connectivity index (χ4n) is 3.86. The summed E-state index contributed by atoms with van der Waals surface area (Å²) in [7, 11) is 2.06. The van der Waals surface area contributed by atoms with E-state index in [4.69, 9.17) is 4.42 Å². The van der Waals surface area contributed by atoms with Crippen molar-refractivity contribution in [3.05, 3.63) is 78.5 Å². The molecule has 4 aromatic rings. The second-order valence-electron chi connectivity index (χ2n) is 7.31. The highest BCUT2D eigenvalue weighted by molar-refractivity contribution is 5.91. The number of hydrogen-bond donors (Lipinski definition) is 0. The first kappa shape index (κ1) is 17.6. The molecular formula is C22H21N5O2. The van der Waals surface area contributed by atoms with Crippen molar-refractivity contribution in [1.82, 2.24) is 24.6 Å². The fourth-order valence-corrected chi connectivity index (χ4v) is 3.86. The largest absolute Gasteiger partial charge is 0.459 e. The Morgan fingerprint density at radius 3 is 2.69 bits per heavy atom. The van der Waals surface area contributed by atoms with Gasteiger partial charge in [-0.3, -0.25) is 9.69 Å². The van der Waals surface area contributed by atoms with Crippen molar-refractivity contribution in [2.75, 3.05) is 26.7 Å². The van der Waals surface area contributed by atoms with Crippen LogP contribution >= 0.6 is 0 Å². The van der Waals surface area contributed by atoms with Crippen molar-refractivity contribution < 1.29 is 9.21 Å². The Kier molecular flexibility index (Phi) is 4.37. The third kappa shape index (κ3) is 3.19. The van der Waals surface area contributed by atoms with Gasteiger partial charge in [0.25, 0.3) is 5.91 Å². The minimum Gasteiger partial charge on any atom is -0.459 e. The molecule has 1 aliphatic rings. The molecule has 5 rings (SSSR count). The molecule has 0 saturated carbocycles. The Hall–Kier alpha value is -3.45. The van der Waals surface area contributed by atoms with Gasteiger partial charge in [0.05, 0.1) is 17.8 Å². The average molecular weight is 387 g/mol. The summed E-state index contributed by atoms with van der Waals surface area (Å²) in [5.74, 6) is 0.282. The van der Waals surface area contributed by atoms with Gasteiger partial charge in [-0.2, -0.15) is 0 Å².